The Balaban J connectivity index is 1.54. The van der Waals surface area contributed by atoms with E-state index in [1.165, 1.54) is 12.3 Å². The summed E-state index contributed by atoms with van der Waals surface area (Å²) in [5, 5.41) is 11.9. The van der Waals surface area contributed by atoms with Crippen LogP contribution in [-0.4, -0.2) is 51.9 Å². The SMILES string of the molecule is COC(=O)CCC/C=C1\C[C@@H]2CC(OC3CCCCO3)C(CO)[C@@H]2CC1[Si](C)(C)c1ccccc1. The number of hydrogen-bond donors (Lipinski definition) is 1. The third-order valence-corrected chi connectivity index (χ3v) is 13.1. The van der Waals surface area contributed by atoms with Gasteiger partial charge in [0.25, 0.3) is 0 Å². The fourth-order valence-corrected chi connectivity index (χ4v) is 10.3. The lowest BCUT2D eigenvalue weighted by Gasteiger charge is -2.44. The molecule has 0 radical (unpaired) electrons. The molecule has 0 aromatic heterocycles. The quantitative estimate of drug-likeness (QED) is 0.219. The molecule has 2 saturated carbocycles. The fraction of sp³-hybridized carbons (Fsp3) is 0.690. The number of ether oxygens (including phenoxy) is 3. The number of rotatable bonds is 9. The Morgan fingerprint density at radius 1 is 1.20 bits per heavy atom. The molecule has 6 atom stereocenters. The summed E-state index contributed by atoms with van der Waals surface area (Å²) in [6, 6.07) is 11.0. The van der Waals surface area contributed by atoms with Crippen molar-refractivity contribution in [3.05, 3.63) is 42.0 Å². The summed E-state index contributed by atoms with van der Waals surface area (Å²) < 4.78 is 17.2. The van der Waals surface area contributed by atoms with Crippen molar-refractivity contribution in [2.45, 2.75) is 88.8 Å². The van der Waals surface area contributed by atoms with Gasteiger partial charge in [-0.3, -0.25) is 4.79 Å². The van der Waals surface area contributed by atoms with Gasteiger partial charge in [0.2, 0.25) is 0 Å². The van der Waals surface area contributed by atoms with E-state index >= 15 is 0 Å². The Bertz CT molecular complexity index is 848. The van der Waals surface area contributed by atoms with Crippen LogP contribution in [0.5, 0.6) is 0 Å². The Labute approximate surface area is 212 Å². The second kappa shape index (κ2) is 12.2. The first-order chi connectivity index (χ1) is 16.9. The van der Waals surface area contributed by atoms with Crippen LogP contribution in [0.1, 0.15) is 57.8 Å². The van der Waals surface area contributed by atoms with Crippen molar-refractivity contribution in [2.75, 3.05) is 20.3 Å². The largest absolute Gasteiger partial charge is 0.469 e. The van der Waals surface area contributed by atoms with Gasteiger partial charge in [0, 0.05) is 25.6 Å². The van der Waals surface area contributed by atoms with Crippen LogP contribution in [0.3, 0.4) is 0 Å². The van der Waals surface area contributed by atoms with Crippen molar-refractivity contribution in [3.8, 4) is 0 Å². The lowest BCUT2D eigenvalue weighted by atomic mass is 9.75. The number of benzene rings is 1. The zero-order valence-electron chi connectivity index (χ0n) is 21.8. The molecule has 1 aromatic carbocycles. The van der Waals surface area contributed by atoms with E-state index in [1.54, 1.807) is 5.57 Å². The highest BCUT2D eigenvalue weighted by Gasteiger charge is 2.51. The van der Waals surface area contributed by atoms with Gasteiger partial charge in [-0.15, -0.1) is 0 Å². The van der Waals surface area contributed by atoms with Gasteiger partial charge in [0.1, 0.15) is 0 Å². The second-order valence-corrected chi connectivity index (χ2v) is 16.0. The molecule has 0 amide bonds. The number of aliphatic hydroxyl groups excluding tert-OH is 1. The van der Waals surface area contributed by atoms with E-state index in [4.69, 9.17) is 14.2 Å². The second-order valence-electron chi connectivity index (χ2n) is 11.3. The number of aliphatic hydroxyl groups is 1. The van der Waals surface area contributed by atoms with E-state index in [0.29, 0.717) is 23.8 Å². The predicted molar refractivity (Wildman–Crippen MR) is 141 cm³/mol. The highest BCUT2D eigenvalue weighted by atomic mass is 28.3. The van der Waals surface area contributed by atoms with Crippen molar-refractivity contribution in [3.63, 3.8) is 0 Å². The molecule has 0 spiro atoms. The van der Waals surface area contributed by atoms with E-state index in [1.807, 2.05) is 0 Å². The minimum absolute atomic E-state index is 0.0823. The molecule has 1 saturated heterocycles. The van der Waals surface area contributed by atoms with Crippen LogP contribution in [0.15, 0.2) is 42.0 Å². The van der Waals surface area contributed by atoms with E-state index < -0.39 is 8.07 Å². The highest BCUT2D eigenvalue weighted by molar-refractivity contribution is 6.91. The lowest BCUT2D eigenvalue weighted by molar-refractivity contribution is -0.198. The molecule has 4 rings (SSSR count). The molecule has 194 valence electrons. The Kier molecular flexibility index (Phi) is 9.25. The molecule has 2 aliphatic carbocycles. The minimum Gasteiger partial charge on any atom is -0.469 e. The van der Waals surface area contributed by atoms with E-state index in [0.717, 1.165) is 58.0 Å². The Morgan fingerprint density at radius 3 is 2.69 bits per heavy atom. The third kappa shape index (κ3) is 6.27. The van der Waals surface area contributed by atoms with E-state index in [9.17, 15) is 9.90 Å². The van der Waals surface area contributed by atoms with Gasteiger partial charge in [0.15, 0.2) is 6.29 Å². The number of fused-ring (bicyclic) bond motifs is 1. The monoisotopic (exact) mass is 500 g/mol. The van der Waals surface area contributed by atoms with Gasteiger partial charge in [-0.2, -0.15) is 0 Å². The summed E-state index contributed by atoms with van der Waals surface area (Å²) in [5.74, 6) is 1.09. The van der Waals surface area contributed by atoms with Crippen LogP contribution in [0.4, 0.5) is 0 Å². The van der Waals surface area contributed by atoms with Gasteiger partial charge < -0.3 is 19.3 Å². The molecule has 0 bridgehead atoms. The average molecular weight is 501 g/mol. The number of carbonyl (C=O) groups excluding carboxylic acids is 1. The zero-order chi connectivity index (χ0) is 24.8. The van der Waals surface area contributed by atoms with Gasteiger partial charge in [-0.25, -0.2) is 0 Å². The topological polar surface area (TPSA) is 65.0 Å². The van der Waals surface area contributed by atoms with Crippen LogP contribution in [-0.2, 0) is 19.0 Å². The number of methoxy groups -OCH3 is 1. The van der Waals surface area contributed by atoms with Crippen LogP contribution < -0.4 is 5.19 Å². The molecule has 1 aromatic rings. The summed E-state index contributed by atoms with van der Waals surface area (Å²) >= 11 is 0. The van der Waals surface area contributed by atoms with Crippen LogP contribution in [0.2, 0.25) is 18.6 Å². The molecule has 1 aliphatic heterocycles. The fourth-order valence-electron chi connectivity index (χ4n) is 6.86. The molecule has 4 unspecified atom stereocenters. The summed E-state index contributed by atoms with van der Waals surface area (Å²) in [6.45, 7) is 5.98. The molecule has 5 nitrogen and oxygen atoms in total. The molecule has 1 heterocycles. The molecule has 6 heteroatoms. The maximum absolute atomic E-state index is 11.6. The molecule has 35 heavy (non-hydrogen) atoms. The maximum Gasteiger partial charge on any atom is 0.305 e. The number of unbranched alkanes of at least 4 members (excludes halogenated alkanes) is 1. The molecular weight excluding hydrogens is 456 g/mol. The first-order valence-electron chi connectivity index (χ1n) is 13.6. The predicted octanol–water partition coefficient (Wildman–Crippen LogP) is 5.19. The van der Waals surface area contributed by atoms with Gasteiger partial charge >= 0.3 is 5.97 Å². The third-order valence-electron chi connectivity index (χ3n) is 8.90. The molecule has 1 N–H and O–H groups in total. The first kappa shape index (κ1) is 26.6. The van der Waals surface area contributed by atoms with Crippen molar-refractivity contribution < 1.29 is 24.1 Å². The van der Waals surface area contributed by atoms with Crippen molar-refractivity contribution in [1.82, 2.24) is 0 Å². The zero-order valence-corrected chi connectivity index (χ0v) is 22.8. The molecule has 3 aliphatic rings. The highest BCUT2D eigenvalue weighted by Crippen LogP contribution is 2.55. The molecule has 3 fully saturated rings. The average Bonchev–Trinajstić information content (AvgIpc) is 3.22. The molecular formula is C29H44O5Si. The van der Waals surface area contributed by atoms with E-state index in [-0.39, 0.29) is 30.9 Å². The summed E-state index contributed by atoms with van der Waals surface area (Å²) in [4.78, 5) is 11.6. The summed E-state index contributed by atoms with van der Waals surface area (Å²) in [6.07, 6.45) is 11.1. The van der Waals surface area contributed by atoms with Crippen molar-refractivity contribution in [1.29, 1.82) is 0 Å². The van der Waals surface area contributed by atoms with Gasteiger partial charge in [-0.05, 0) is 68.7 Å². The minimum atomic E-state index is -1.80. The van der Waals surface area contributed by atoms with Crippen molar-refractivity contribution >= 4 is 19.2 Å². The number of esters is 1. The van der Waals surface area contributed by atoms with Gasteiger partial charge in [0.05, 0.1) is 21.3 Å². The Morgan fingerprint density at radius 2 is 2.00 bits per heavy atom. The van der Waals surface area contributed by atoms with Crippen LogP contribution in [0.25, 0.3) is 0 Å². The van der Waals surface area contributed by atoms with Crippen molar-refractivity contribution in [2.24, 2.45) is 17.8 Å². The standard InChI is InChI=1S/C29H44O5Si/c1-32-28(31)14-8-7-11-21-17-22-18-26(34-29-15-9-10-16-33-29)25(20-30)24(22)19-27(21)35(2,3)23-12-5-4-6-13-23/h4-6,11-13,22,24-27,29-30H,7-10,14-20H2,1-3H3/b21-11+/t22-,24-,25?,26?,27?,29?/m1/s1. The number of allylic oxidation sites excluding steroid dienone is 2. The first-order valence-corrected chi connectivity index (χ1v) is 16.7. The normalized spacial score (nSPS) is 32.4. The Hall–Kier alpha value is -1.47. The summed E-state index contributed by atoms with van der Waals surface area (Å²) in [7, 11) is -0.345. The van der Waals surface area contributed by atoms with Crippen LogP contribution in [0, 0.1) is 17.8 Å². The smallest absolute Gasteiger partial charge is 0.305 e. The van der Waals surface area contributed by atoms with Crippen LogP contribution >= 0.6 is 0 Å². The number of carbonyl (C=O) groups is 1. The summed E-state index contributed by atoms with van der Waals surface area (Å²) in [5.41, 5.74) is 2.10. The number of hydrogen-bond acceptors (Lipinski definition) is 5. The van der Waals surface area contributed by atoms with Gasteiger partial charge in [-0.1, -0.05) is 60.3 Å². The lowest BCUT2D eigenvalue weighted by Crippen LogP contribution is -2.49. The van der Waals surface area contributed by atoms with E-state index in [2.05, 4.69) is 49.5 Å². The maximum atomic E-state index is 11.6.